The molecule has 1 heterocycles. The van der Waals surface area contributed by atoms with E-state index in [1.54, 1.807) is 25.2 Å². The lowest BCUT2D eigenvalue weighted by Crippen LogP contribution is -2.26. The Labute approximate surface area is 153 Å². The minimum atomic E-state index is -0.675. The molecule has 1 amide bonds. The molecule has 134 valence electrons. The summed E-state index contributed by atoms with van der Waals surface area (Å²) in [6, 6.07) is 10.8. The normalized spacial score (nSPS) is 10.8. The monoisotopic (exact) mass is 376 g/mol. The molecule has 0 saturated heterocycles. The minimum Gasteiger partial charge on any atom is -0.336 e. The van der Waals surface area contributed by atoms with Crippen molar-refractivity contribution < 1.29 is 13.6 Å². The van der Waals surface area contributed by atoms with Crippen LogP contribution in [0.1, 0.15) is 21.6 Å². The lowest BCUT2D eigenvalue weighted by atomic mass is 10.2. The van der Waals surface area contributed by atoms with Crippen LogP contribution in [0.4, 0.5) is 8.78 Å². The van der Waals surface area contributed by atoms with E-state index in [1.165, 1.54) is 34.0 Å². The molecule has 8 heteroatoms. The van der Waals surface area contributed by atoms with Crippen molar-refractivity contribution in [1.82, 2.24) is 19.9 Å². The van der Waals surface area contributed by atoms with Crippen LogP contribution >= 0.6 is 11.6 Å². The van der Waals surface area contributed by atoms with Gasteiger partial charge >= 0.3 is 0 Å². The molecule has 0 saturated carbocycles. The smallest absolute Gasteiger partial charge is 0.276 e. The Morgan fingerprint density at radius 2 is 1.88 bits per heavy atom. The van der Waals surface area contributed by atoms with Crippen LogP contribution in [-0.4, -0.2) is 32.8 Å². The first kappa shape index (κ1) is 18.0. The van der Waals surface area contributed by atoms with Gasteiger partial charge in [0.25, 0.3) is 5.91 Å². The highest BCUT2D eigenvalue weighted by molar-refractivity contribution is 6.30. The number of aromatic nitrogens is 3. The van der Waals surface area contributed by atoms with Crippen LogP contribution in [0, 0.1) is 11.6 Å². The van der Waals surface area contributed by atoms with Crippen molar-refractivity contribution >= 4 is 17.5 Å². The SMILES string of the molecule is CN(Cc1cccc(Cl)c1)C(=O)c1cn(Cc2c(F)cccc2F)nn1. The molecule has 3 aromatic rings. The number of benzene rings is 2. The van der Waals surface area contributed by atoms with Gasteiger partial charge < -0.3 is 4.90 Å². The standard InChI is InChI=1S/C18H15ClF2N4O/c1-24(9-12-4-2-5-13(19)8-12)18(26)17-11-25(23-22-17)10-14-15(20)6-3-7-16(14)21/h2-8,11H,9-10H2,1H3. The summed E-state index contributed by atoms with van der Waals surface area (Å²) in [5.74, 6) is -1.71. The van der Waals surface area contributed by atoms with Crippen LogP contribution in [0.15, 0.2) is 48.7 Å². The highest BCUT2D eigenvalue weighted by Gasteiger charge is 2.17. The number of nitrogens with zero attached hydrogens (tertiary/aromatic N) is 4. The Morgan fingerprint density at radius 3 is 2.58 bits per heavy atom. The second kappa shape index (κ2) is 7.61. The summed E-state index contributed by atoms with van der Waals surface area (Å²) in [5.41, 5.74) is 0.823. The Hall–Kier alpha value is -2.80. The maximum atomic E-state index is 13.7. The minimum absolute atomic E-state index is 0.0891. The summed E-state index contributed by atoms with van der Waals surface area (Å²) < 4.78 is 28.7. The van der Waals surface area contributed by atoms with E-state index in [0.29, 0.717) is 11.6 Å². The number of rotatable bonds is 5. The van der Waals surface area contributed by atoms with Crippen LogP contribution in [0.25, 0.3) is 0 Å². The van der Waals surface area contributed by atoms with Gasteiger partial charge in [-0.3, -0.25) is 4.79 Å². The first-order valence-corrected chi connectivity index (χ1v) is 8.15. The first-order valence-electron chi connectivity index (χ1n) is 7.77. The quantitative estimate of drug-likeness (QED) is 0.684. The lowest BCUT2D eigenvalue weighted by molar-refractivity contribution is 0.0779. The number of halogens is 3. The predicted octanol–water partition coefficient (Wildman–Crippen LogP) is 3.53. The number of carbonyl (C=O) groups is 1. The van der Waals surface area contributed by atoms with E-state index in [1.807, 2.05) is 6.07 Å². The summed E-state index contributed by atoms with van der Waals surface area (Å²) in [4.78, 5) is 13.9. The molecule has 0 aliphatic rings. The third kappa shape index (κ3) is 4.05. The van der Waals surface area contributed by atoms with Crippen LogP contribution in [0.2, 0.25) is 5.02 Å². The molecule has 0 aliphatic heterocycles. The molecule has 26 heavy (non-hydrogen) atoms. The van der Waals surface area contributed by atoms with E-state index in [4.69, 9.17) is 11.6 Å². The van der Waals surface area contributed by atoms with Gasteiger partial charge in [-0.15, -0.1) is 5.10 Å². The maximum absolute atomic E-state index is 13.7. The molecular weight excluding hydrogens is 362 g/mol. The fraction of sp³-hybridized carbons (Fsp3) is 0.167. The van der Waals surface area contributed by atoms with E-state index < -0.39 is 11.6 Å². The molecule has 0 aliphatic carbocycles. The molecule has 0 fully saturated rings. The molecule has 1 aromatic heterocycles. The van der Waals surface area contributed by atoms with Gasteiger partial charge in [-0.2, -0.15) is 0 Å². The zero-order valence-electron chi connectivity index (χ0n) is 13.9. The summed E-state index contributed by atoms with van der Waals surface area (Å²) in [7, 11) is 1.62. The van der Waals surface area contributed by atoms with Gasteiger partial charge in [-0.25, -0.2) is 13.5 Å². The zero-order chi connectivity index (χ0) is 18.7. The molecule has 0 radical (unpaired) electrons. The highest BCUT2D eigenvalue weighted by Crippen LogP contribution is 2.15. The van der Waals surface area contributed by atoms with Crippen molar-refractivity contribution in [1.29, 1.82) is 0 Å². The van der Waals surface area contributed by atoms with E-state index in [0.717, 1.165) is 5.56 Å². The van der Waals surface area contributed by atoms with Gasteiger partial charge in [-0.1, -0.05) is 35.0 Å². The lowest BCUT2D eigenvalue weighted by Gasteiger charge is -2.15. The third-order valence-electron chi connectivity index (χ3n) is 3.80. The molecule has 0 unspecified atom stereocenters. The van der Waals surface area contributed by atoms with Gasteiger partial charge in [0.1, 0.15) is 11.6 Å². The summed E-state index contributed by atoms with van der Waals surface area (Å²) in [5, 5.41) is 8.17. The van der Waals surface area contributed by atoms with Crippen molar-refractivity contribution in [3.8, 4) is 0 Å². The second-order valence-corrected chi connectivity index (χ2v) is 6.23. The Balaban J connectivity index is 1.71. The molecule has 0 N–H and O–H groups in total. The number of hydrogen-bond acceptors (Lipinski definition) is 3. The van der Waals surface area contributed by atoms with Crippen molar-refractivity contribution in [3.05, 3.63) is 82.1 Å². The molecule has 5 nitrogen and oxygen atoms in total. The van der Waals surface area contributed by atoms with Gasteiger partial charge in [0.15, 0.2) is 5.69 Å². The predicted molar refractivity (Wildman–Crippen MR) is 92.7 cm³/mol. The Kier molecular flexibility index (Phi) is 5.27. The molecule has 2 aromatic carbocycles. The second-order valence-electron chi connectivity index (χ2n) is 5.79. The maximum Gasteiger partial charge on any atom is 0.276 e. The average molecular weight is 377 g/mol. The fourth-order valence-corrected chi connectivity index (χ4v) is 2.71. The molecule has 0 spiro atoms. The molecule has 3 rings (SSSR count). The van der Waals surface area contributed by atoms with Gasteiger partial charge in [0.2, 0.25) is 0 Å². The van der Waals surface area contributed by atoms with Crippen LogP contribution in [-0.2, 0) is 13.1 Å². The topological polar surface area (TPSA) is 51.0 Å². The average Bonchev–Trinajstić information content (AvgIpc) is 3.06. The highest BCUT2D eigenvalue weighted by atomic mass is 35.5. The van der Waals surface area contributed by atoms with E-state index >= 15 is 0 Å². The van der Waals surface area contributed by atoms with Gasteiger partial charge in [0.05, 0.1) is 12.7 Å². The zero-order valence-corrected chi connectivity index (χ0v) is 14.6. The molecular formula is C18H15ClF2N4O. The number of hydrogen-bond donors (Lipinski definition) is 0. The van der Waals surface area contributed by atoms with Crippen molar-refractivity contribution in [2.45, 2.75) is 13.1 Å². The van der Waals surface area contributed by atoms with E-state index in [-0.39, 0.29) is 23.7 Å². The van der Waals surface area contributed by atoms with Gasteiger partial charge in [0, 0.05) is 24.2 Å². The third-order valence-corrected chi connectivity index (χ3v) is 4.03. The molecule has 0 atom stereocenters. The van der Waals surface area contributed by atoms with Crippen LogP contribution in [0.3, 0.4) is 0 Å². The summed E-state index contributed by atoms with van der Waals surface area (Å²) >= 11 is 5.94. The van der Waals surface area contributed by atoms with Crippen molar-refractivity contribution in [3.63, 3.8) is 0 Å². The van der Waals surface area contributed by atoms with Crippen molar-refractivity contribution in [2.75, 3.05) is 7.05 Å². The van der Waals surface area contributed by atoms with E-state index in [9.17, 15) is 13.6 Å². The summed E-state index contributed by atoms with van der Waals surface area (Å²) in [6.07, 6.45) is 1.36. The first-order chi connectivity index (χ1) is 12.4. The Morgan fingerprint density at radius 1 is 1.19 bits per heavy atom. The molecule has 0 bridgehead atoms. The number of carbonyl (C=O) groups excluding carboxylic acids is 1. The number of amides is 1. The van der Waals surface area contributed by atoms with Gasteiger partial charge in [-0.05, 0) is 29.8 Å². The van der Waals surface area contributed by atoms with E-state index in [2.05, 4.69) is 10.3 Å². The van der Waals surface area contributed by atoms with Crippen LogP contribution < -0.4 is 0 Å². The van der Waals surface area contributed by atoms with Crippen LogP contribution in [0.5, 0.6) is 0 Å². The fourth-order valence-electron chi connectivity index (χ4n) is 2.50. The van der Waals surface area contributed by atoms with Crippen molar-refractivity contribution in [2.24, 2.45) is 0 Å². The largest absolute Gasteiger partial charge is 0.336 e. The Bertz CT molecular complexity index is 924. The summed E-state index contributed by atoms with van der Waals surface area (Å²) in [6.45, 7) is 0.186.